The summed E-state index contributed by atoms with van der Waals surface area (Å²) in [4.78, 5) is 17.4. The Morgan fingerprint density at radius 2 is 2.47 bits per heavy atom. The van der Waals surface area contributed by atoms with Crippen molar-refractivity contribution in [1.29, 1.82) is 0 Å². The molecule has 0 spiro atoms. The smallest absolute Gasteiger partial charge is 0.373 e. The monoisotopic (exact) mass is 278 g/mol. The second-order valence-corrected chi connectivity index (χ2v) is 4.88. The van der Waals surface area contributed by atoms with E-state index < -0.39 is 4.92 Å². The topological polar surface area (TPSA) is 76.8 Å². The van der Waals surface area contributed by atoms with Gasteiger partial charge in [-0.05, 0) is 17.1 Å². The van der Waals surface area contributed by atoms with Crippen LogP contribution in [-0.2, 0) is 6.54 Å². The van der Waals surface area contributed by atoms with Crippen LogP contribution in [0.4, 0.5) is 11.6 Å². The number of hydrogen-bond acceptors (Lipinski definition) is 6. The number of nitrogens with zero attached hydrogens (tertiary/aromatic N) is 4. The molecule has 3 aromatic heterocycles. The van der Waals surface area contributed by atoms with Crippen LogP contribution in [0.1, 0.15) is 5.76 Å². The van der Waals surface area contributed by atoms with E-state index in [1.807, 2.05) is 6.07 Å². The maximum absolute atomic E-state index is 11.2. The van der Waals surface area contributed by atoms with Crippen LogP contribution in [0.2, 0.25) is 0 Å². The Morgan fingerprint density at radius 1 is 1.63 bits per heavy atom. The summed E-state index contributed by atoms with van der Waals surface area (Å²) in [6.45, 7) is 0.429. The fourth-order valence-electron chi connectivity index (χ4n) is 1.90. The number of hydrogen-bond donors (Lipinski definition) is 0. The normalized spacial score (nSPS) is 11.0. The summed E-state index contributed by atoms with van der Waals surface area (Å²) >= 11 is 1.36. The number of imidazole rings is 1. The highest BCUT2D eigenvalue weighted by molar-refractivity contribution is 7.15. The molecule has 0 saturated carbocycles. The Hall–Kier alpha value is -2.35. The van der Waals surface area contributed by atoms with Crippen LogP contribution in [0.25, 0.3) is 4.96 Å². The van der Waals surface area contributed by atoms with Crippen LogP contribution in [0.5, 0.6) is 0 Å². The van der Waals surface area contributed by atoms with E-state index in [-0.39, 0.29) is 5.82 Å². The van der Waals surface area contributed by atoms with Crippen LogP contribution >= 0.6 is 11.3 Å². The Bertz CT molecular complexity index is 716. The van der Waals surface area contributed by atoms with E-state index in [4.69, 9.17) is 4.42 Å². The van der Waals surface area contributed by atoms with Gasteiger partial charge in [-0.1, -0.05) is 11.3 Å². The predicted molar refractivity (Wildman–Crippen MR) is 70.5 cm³/mol. The molecular formula is C11H10N4O3S. The largest absolute Gasteiger partial charge is 0.467 e. The Kier molecular flexibility index (Phi) is 2.71. The van der Waals surface area contributed by atoms with Crippen molar-refractivity contribution >= 4 is 27.9 Å². The van der Waals surface area contributed by atoms with E-state index >= 15 is 0 Å². The lowest BCUT2D eigenvalue weighted by Gasteiger charge is -2.13. The fourth-order valence-corrected chi connectivity index (χ4v) is 2.60. The molecule has 3 heterocycles. The van der Waals surface area contributed by atoms with Crippen molar-refractivity contribution in [2.75, 3.05) is 11.9 Å². The molecule has 0 aromatic carbocycles. The van der Waals surface area contributed by atoms with Gasteiger partial charge in [0.05, 0.1) is 12.8 Å². The van der Waals surface area contributed by atoms with E-state index in [2.05, 4.69) is 4.98 Å². The fraction of sp³-hybridized carbons (Fsp3) is 0.182. The molecule has 8 heteroatoms. The van der Waals surface area contributed by atoms with Crippen molar-refractivity contribution in [2.24, 2.45) is 0 Å². The summed E-state index contributed by atoms with van der Waals surface area (Å²) in [5, 5.41) is 13.0. The first-order chi connectivity index (χ1) is 9.16. The molecule has 0 amide bonds. The summed E-state index contributed by atoms with van der Waals surface area (Å²) in [6.07, 6.45) is 3.22. The van der Waals surface area contributed by atoms with E-state index in [1.54, 1.807) is 35.9 Å². The summed E-state index contributed by atoms with van der Waals surface area (Å²) in [5.74, 6) is 1.05. The van der Waals surface area contributed by atoms with Crippen molar-refractivity contribution in [3.63, 3.8) is 0 Å². The van der Waals surface area contributed by atoms with E-state index in [0.29, 0.717) is 17.3 Å². The van der Waals surface area contributed by atoms with Crippen LogP contribution in [0.3, 0.4) is 0 Å². The van der Waals surface area contributed by atoms with Gasteiger partial charge in [-0.2, -0.15) is 9.38 Å². The first kappa shape index (κ1) is 11.7. The Morgan fingerprint density at radius 3 is 3.16 bits per heavy atom. The van der Waals surface area contributed by atoms with Crippen molar-refractivity contribution in [1.82, 2.24) is 9.38 Å². The molecule has 0 aliphatic heterocycles. The molecule has 0 bridgehead atoms. The minimum absolute atomic E-state index is 0.0229. The SMILES string of the molecule is CN(Cc1ccco1)c1nc2sccn2c1[N+](=O)[O-]. The van der Waals surface area contributed by atoms with Crippen molar-refractivity contribution in [2.45, 2.75) is 6.54 Å². The first-order valence-electron chi connectivity index (χ1n) is 5.50. The van der Waals surface area contributed by atoms with E-state index in [9.17, 15) is 10.1 Å². The zero-order valence-electron chi connectivity index (χ0n) is 10.0. The highest BCUT2D eigenvalue weighted by atomic mass is 32.1. The third kappa shape index (κ3) is 1.95. The number of rotatable bonds is 4. The molecule has 19 heavy (non-hydrogen) atoms. The first-order valence-corrected chi connectivity index (χ1v) is 6.38. The Labute approximate surface area is 111 Å². The molecule has 0 aliphatic rings. The number of thiazole rings is 1. The van der Waals surface area contributed by atoms with Gasteiger partial charge in [0.15, 0.2) is 0 Å². The minimum atomic E-state index is -0.416. The highest BCUT2D eigenvalue weighted by Crippen LogP contribution is 2.31. The van der Waals surface area contributed by atoms with Crippen LogP contribution in [-0.4, -0.2) is 21.4 Å². The summed E-state index contributed by atoms with van der Waals surface area (Å²) in [6, 6.07) is 3.60. The number of anilines is 1. The lowest BCUT2D eigenvalue weighted by atomic mass is 10.4. The van der Waals surface area contributed by atoms with Crippen molar-refractivity contribution < 1.29 is 9.34 Å². The standard InChI is InChI=1S/C11H10N4O3S/c1-13(7-8-3-2-5-18-8)9-10(15(16)17)14-4-6-19-11(14)12-9/h2-6H,7H2,1H3. The molecule has 0 atom stereocenters. The van der Waals surface area contributed by atoms with Gasteiger partial charge in [0.2, 0.25) is 5.82 Å². The van der Waals surface area contributed by atoms with Gasteiger partial charge < -0.3 is 19.4 Å². The number of nitro groups is 1. The number of fused-ring (bicyclic) bond motifs is 1. The molecule has 0 aliphatic carbocycles. The van der Waals surface area contributed by atoms with Gasteiger partial charge in [0, 0.05) is 12.4 Å². The number of aromatic nitrogens is 2. The third-order valence-corrected chi connectivity index (χ3v) is 3.48. The average molecular weight is 278 g/mol. The van der Waals surface area contributed by atoms with Gasteiger partial charge in [-0.15, -0.1) is 0 Å². The van der Waals surface area contributed by atoms with Crippen molar-refractivity contribution in [3.8, 4) is 0 Å². The molecule has 0 N–H and O–H groups in total. The predicted octanol–water partition coefficient (Wildman–Crippen LogP) is 2.53. The van der Waals surface area contributed by atoms with E-state index in [1.165, 1.54) is 15.7 Å². The molecular weight excluding hydrogens is 268 g/mol. The maximum atomic E-state index is 11.2. The van der Waals surface area contributed by atoms with Crippen LogP contribution in [0, 0.1) is 10.1 Å². The molecule has 0 radical (unpaired) electrons. The summed E-state index contributed by atoms with van der Waals surface area (Å²) in [7, 11) is 1.75. The highest BCUT2D eigenvalue weighted by Gasteiger charge is 2.26. The molecule has 7 nitrogen and oxygen atoms in total. The number of furan rings is 1. The van der Waals surface area contributed by atoms with Gasteiger partial charge in [0.25, 0.3) is 4.96 Å². The second-order valence-electron chi connectivity index (χ2n) is 4.01. The van der Waals surface area contributed by atoms with Crippen molar-refractivity contribution in [3.05, 3.63) is 45.8 Å². The molecule has 0 fully saturated rings. The van der Waals surface area contributed by atoms with Gasteiger partial charge in [-0.25, -0.2) is 0 Å². The minimum Gasteiger partial charge on any atom is -0.467 e. The second kappa shape index (κ2) is 4.39. The quantitative estimate of drug-likeness (QED) is 0.541. The molecule has 3 aromatic rings. The average Bonchev–Trinajstić information content (AvgIpc) is 3.02. The van der Waals surface area contributed by atoms with Gasteiger partial charge in [0.1, 0.15) is 12.0 Å². The zero-order valence-corrected chi connectivity index (χ0v) is 10.8. The van der Waals surface area contributed by atoms with Gasteiger partial charge in [-0.3, -0.25) is 0 Å². The molecule has 3 rings (SSSR count). The lowest BCUT2D eigenvalue weighted by molar-refractivity contribution is -0.389. The third-order valence-electron chi connectivity index (χ3n) is 2.73. The van der Waals surface area contributed by atoms with Crippen LogP contribution in [0.15, 0.2) is 34.4 Å². The molecule has 0 unspecified atom stereocenters. The lowest BCUT2D eigenvalue weighted by Crippen LogP contribution is -2.17. The summed E-state index contributed by atoms with van der Waals surface area (Å²) < 4.78 is 6.72. The summed E-state index contributed by atoms with van der Waals surface area (Å²) in [5.41, 5.74) is 0. The Balaban J connectivity index is 2.01. The molecule has 98 valence electrons. The maximum Gasteiger partial charge on any atom is 0.373 e. The molecule has 0 saturated heterocycles. The van der Waals surface area contributed by atoms with Gasteiger partial charge >= 0.3 is 5.82 Å². The van der Waals surface area contributed by atoms with Crippen LogP contribution < -0.4 is 4.90 Å². The zero-order chi connectivity index (χ0) is 13.4. The van der Waals surface area contributed by atoms with E-state index in [0.717, 1.165) is 5.76 Å².